The molecule has 4 aromatic rings. The quantitative estimate of drug-likeness (QED) is 0.421. The van der Waals surface area contributed by atoms with Gasteiger partial charge < -0.3 is 16.8 Å². The zero-order chi connectivity index (χ0) is 23.5. The molecule has 0 fully saturated rings. The van der Waals surface area contributed by atoms with E-state index in [4.69, 9.17) is 11.5 Å². The maximum Gasteiger partial charge on any atom is 0.254 e. The van der Waals surface area contributed by atoms with Crippen molar-refractivity contribution in [2.24, 2.45) is 12.8 Å². The van der Waals surface area contributed by atoms with E-state index in [-0.39, 0.29) is 17.9 Å². The largest absolute Gasteiger partial charge is 0.383 e. The number of hydrogen-bond donors (Lipinski definition) is 3. The topological polar surface area (TPSA) is 112 Å². The van der Waals surface area contributed by atoms with Crippen LogP contribution in [0, 0.1) is 12.7 Å². The molecule has 0 aliphatic carbocycles. The second-order valence-corrected chi connectivity index (χ2v) is 7.83. The van der Waals surface area contributed by atoms with Crippen LogP contribution >= 0.6 is 0 Å². The Balaban J connectivity index is 1.62. The lowest BCUT2D eigenvalue weighted by Gasteiger charge is -2.18. The minimum atomic E-state index is -0.656. The third kappa shape index (κ3) is 4.61. The molecule has 8 heteroatoms. The zero-order valence-corrected chi connectivity index (χ0v) is 18.4. The van der Waals surface area contributed by atoms with Gasteiger partial charge in [-0.3, -0.25) is 9.48 Å². The van der Waals surface area contributed by atoms with E-state index in [0.717, 1.165) is 22.4 Å². The van der Waals surface area contributed by atoms with Gasteiger partial charge in [-0.1, -0.05) is 36.4 Å². The molecule has 0 saturated carbocycles. The molecular formula is C25H25FN6O. The second kappa shape index (κ2) is 9.22. The highest BCUT2D eigenvalue weighted by atomic mass is 19.1. The molecule has 1 unspecified atom stereocenters. The number of aromatic nitrogens is 3. The van der Waals surface area contributed by atoms with Gasteiger partial charge in [0, 0.05) is 42.7 Å². The molecule has 5 N–H and O–H groups in total. The Labute approximate surface area is 191 Å². The molecule has 2 aromatic heterocycles. The molecule has 33 heavy (non-hydrogen) atoms. The van der Waals surface area contributed by atoms with Gasteiger partial charge in [0.25, 0.3) is 5.91 Å². The molecule has 168 valence electrons. The third-order valence-corrected chi connectivity index (χ3v) is 5.51. The summed E-state index contributed by atoms with van der Waals surface area (Å²) in [4.78, 5) is 17.0. The summed E-state index contributed by atoms with van der Waals surface area (Å²) in [7, 11) is 1.84. The molecule has 2 heterocycles. The van der Waals surface area contributed by atoms with Gasteiger partial charge in [-0.05, 0) is 36.2 Å². The Morgan fingerprint density at radius 2 is 1.88 bits per heavy atom. The SMILES string of the molecule is Cc1nn(C)cc1-c1cnc(N)c(-c2ccc(C(=O)NC(CN)c3ccccc3)c(F)c2)c1. The lowest BCUT2D eigenvalue weighted by Crippen LogP contribution is -2.33. The maximum absolute atomic E-state index is 15.0. The van der Waals surface area contributed by atoms with Gasteiger partial charge >= 0.3 is 0 Å². The summed E-state index contributed by atoms with van der Waals surface area (Å²) in [6.07, 6.45) is 3.55. The number of nitrogen functional groups attached to an aromatic ring is 1. The van der Waals surface area contributed by atoms with Crippen LogP contribution in [0.1, 0.15) is 27.7 Å². The van der Waals surface area contributed by atoms with Gasteiger partial charge in [-0.2, -0.15) is 5.10 Å². The van der Waals surface area contributed by atoms with Gasteiger partial charge in [0.15, 0.2) is 0 Å². The fraction of sp³-hybridized carbons (Fsp3) is 0.160. The van der Waals surface area contributed by atoms with E-state index in [0.29, 0.717) is 11.1 Å². The molecule has 0 bridgehead atoms. The number of pyridine rings is 1. The molecule has 1 amide bonds. The molecule has 1 atom stereocenters. The summed E-state index contributed by atoms with van der Waals surface area (Å²) in [6.45, 7) is 2.10. The zero-order valence-electron chi connectivity index (χ0n) is 18.4. The first-order valence-corrected chi connectivity index (χ1v) is 10.5. The number of rotatable bonds is 6. The standard InChI is InChI=1S/C25H25FN6O/c1-15-21(14-32(2)31-15)18-10-20(24(28)29-13-18)17-8-9-19(22(26)11-17)25(33)30-23(12-27)16-6-4-3-5-7-16/h3-11,13-14,23H,12,27H2,1-2H3,(H2,28,29)(H,30,33). The van der Waals surface area contributed by atoms with Crippen molar-refractivity contribution in [3.05, 3.63) is 89.6 Å². The first-order valence-electron chi connectivity index (χ1n) is 10.5. The van der Waals surface area contributed by atoms with Crippen molar-refractivity contribution in [3.63, 3.8) is 0 Å². The minimum absolute atomic E-state index is 0.0704. The van der Waals surface area contributed by atoms with Crippen LogP contribution in [0.5, 0.6) is 0 Å². The molecule has 2 aromatic carbocycles. The predicted octanol–water partition coefficient (Wildman–Crippen LogP) is 3.61. The van der Waals surface area contributed by atoms with E-state index >= 15 is 0 Å². The highest BCUT2D eigenvalue weighted by Gasteiger charge is 2.19. The van der Waals surface area contributed by atoms with Crippen LogP contribution in [0.15, 0.2) is 67.0 Å². The molecule has 0 aliphatic rings. The van der Waals surface area contributed by atoms with Crippen molar-refractivity contribution >= 4 is 11.7 Å². The van der Waals surface area contributed by atoms with Gasteiger partial charge in [0.05, 0.1) is 17.3 Å². The molecule has 7 nitrogen and oxygen atoms in total. The van der Waals surface area contributed by atoms with Crippen molar-refractivity contribution in [1.82, 2.24) is 20.1 Å². The number of amides is 1. The van der Waals surface area contributed by atoms with E-state index in [9.17, 15) is 9.18 Å². The molecule has 0 saturated heterocycles. The van der Waals surface area contributed by atoms with Crippen LogP contribution in [0.3, 0.4) is 0 Å². The van der Waals surface area contributed by atoms with E-state index < -0.39 is 17.8 Å². The number of nitrogens with zero attached hydrogens (tertiary/aromatic N) is 3. The smallest absolute Gasteiger partial charge is 0.254 e. The van der Waals surface area contributed by atoms with Gasteiger partial charge in [0.2, 0.25) is 0 Å². The number of carbonyl (C=O) groups is 1. The van der Waals surface area contributed by atoms with E-state index in [1.165, 1.54) is 12.1 Å². The maximum atomic E-state index is 15.0. The predicted molar refractivity (Wildman–Crippen MR) is 127 cm³/mol. The molecular weight excluding hydrogens is 419 g/mol. The van der Waals surface area contributed by atoms with Crippen LogP contribution in [0.2, 0.25) is 0 Å². The lowest BCUT2D eigenvalue weighted by atomic mass is 9.99. The Kier molecular flexibility index (Phi) is 6.19. The van der Waals surface area contributed by atoms with Crippen molar-refractivity contribution in [1.29, 1.82) is 0 Å². The number of hydrogen-bond acceptors (Lipinski definition) is 5. The number of halogens is 1. The average Bonchev–Trinajstić information content (AvgIpc) is 3.15. The normalized spacial score (nSPS) is 11.9. The highest BCUT2D eigenvalue weighted by Crippen LogP contribution is 2.31. The van der Waals surface area contributed by atoms with Crippen molar-refractivity contribution in [2.45, 2.75) is 13.0 Å². The summed E-state index contributed by atoms with van der Waals surface area (Å²) in [6, 6.07) is 15.2. The Morgan fingerprint density at radius 1 is 1.12 bits per heavy atom. The lowest BCUT2D eigenvalue weighted by molar-refractivity contribution is 0.0934. The van der Waals surface area contributed by atoms with Gasteiger partial charge in [0.1, 0.15) is 11.6 Å². The average molecular weight is 445 g/mol. The summed E-state index contributed by atoms with van der Waals surface area (Å²) in [5, 5.41) is 7.15. The molecule has 0 aliphatic heterocycles. The summed E-state index contributed by atoms with van der Waals surface area (Å²) < 4.78 is 16.7. The van der Waals surface area contributed by atoms with Crippen LogP contribution in [0.4, 0.5) is 10.2 Å². The minimum Gasteiger partial charge on any atom is -0.383 e. The number of anilines is 1. The molecule has 4 rings (SSSR count). The summed E-state index contributed by atoms with van der Waals surface area (Å²) in [5.74, 6) is -0.926. The van der Waals surface area contributed by atoms with Gasteiger partial charge in [-0.15, -0.1) is 0 Å². The van der Waals surface area contributed by atoms with Crippen LogP contribution in [-0.4, -0.2) is 27.2 Å². The summed E-state index contributed by atoms with van der Waals surface area (Å²) in [5.41, 5.74) is 16.4. The molecule has 0 radical (unpaired) electrons. The van der Waals surface area contributed by atoms with Gasteiger partial charge in [-0.25, -0.2) is 9.37 Å². The summed E-state index contributed by atoms with van der Waals surface area (Å²) >= 11 is 0. The monoisotopic (exact) mass is 444 g/mol. The third-order valence-electron chi connectivity index (χ3n) is 5.51. The van der Waals surface area contributed by atoms with Crippen molar-refractivity contribution in [2.75, 3.05) is 12.3 Å². The van der Waals surface area contributed by atoms with Crippen molar-refractivity contribution in [3.8, 4) is 22.3 Å². The number of nitrogens with two attached hydrogens (primary N) is 2. The molecule has 0 spiro atoms. The number of aryl methyl sites for hydroxylation is 2. The van der Waals surface area contributed by atoms with E-state index in [1.807, 2.05) is 56.6 Å². The first kappa shape index (κ1) is 22.2. The first-order chi connectivity index (χ1) is 15.9. The fourth-order valence-electron chi connectivity index (χ4n) is 3.80. The van der Waals surface area contributed by atoms with Crippen LogP contribution < -0.4 is 16.8 Å². The highest BCUT2D eigenvalue weighted by molar-refractivity contribution is 5.95. The Bertz CT molecular complexity index is 1300. The van der Waals surface area contributed by atoms with E-state index in [2.05, 4.69) is 15.4 Å². The van der Waals surface area contributed by atoms with Crippen LogP contribution in [-0.2, 0) is 7.05 Å². The fourth-order valence-corrected chi connectivity index (χ4v) is 3.80. The Morgan fingerprint density at radius 3 is 2.52 bits per heavy atom. The van der Waals surface area contributed by atoms with Crippen LogP contribution in [0.25, 0.3) is 22.3 Å². The van der Waals surface area contributed by atoms with Crippen molar-refractivity contribution < 1.29 is 9.18 Å². The second-order valence-electron chi connectivity index (χ2n) is 7.83. The Hall–Kier alpha value is -4.04. The number of benzene rings is 2. The number of carbonyl (C=O) groups excluding carboxylic acids is 1. The van der Waals surface area contributed by atoms with E-state index in [1.54, 1.807) is 16.9 Å². The number of nitrogens with one attached hydrogen (secondary N) is 1.